The van der Waals surface area contributed by atoms with Gasteiger partial charge in [0.1, 0.15) is 11.9 Å². The molecule has 0 radical (unpaired) electrons. The summed E-state index contributed by atoms with van der Waals surface area (Å²) in [4.78, 5) is 0. The Kier molecular flexibility index (Phi) is 3.02. The van der Waals surface area contributed by atoms with Crippen LogP contribution in [0.25, 0.3) is 0 Å². The Morgan fingerprint density at radius 2 is 2.07 bits per heavy atom. The number of nitriles is 1. The summed E-state index contributed by atoms with van der Waals surface area (Å²) in [5.74, 6) is -0.585. The van der Waals surface area contributed by atoms with E-state index in [2.05, 4.69) is 0 Å². The Morgan fingerprint density at radius 1 is 1.43 bits per heavy atom. The minimum atomic E-state index is -1.61. The maximum Gasteiger partial charge on any atom is 0.170 e. The highest BCUT2D eigenvalue weighted by Crippen LogP contribution is 2.23. The highest BCUT2D eigenvalue weighted by atomic mass is 19.1. The minimum Gasteiger partial charge on any atom is -0.398 e. The minimum absolute atomic E-state index is 0.0130. The predicted octanol–water partition coefficient (Wildman–Crippen LogP) is 0.326. The molecule has 0 fully saturated rings. The van der Waals surface area contributed by atoms with Gasteiger partial charge in [-0.2, -0.15) is 5.26 Å². The molecule has 0 aromatic heterocycles. The fourth-order valence-electron chi connectivity index (χ4n) is 1.04. The lowest BCUT2D eigenvalue weighted by Gasteiger charge is -2.14. The monoisotopic (exact) mass is 196 g/mol. The van der Waals surface area contributed by atoms with Gasteiger partial charge in [-0.1, -0.05) is 0 Å². The molecule has 0 amide bonds. The van der Waals surface area contributed by atoms with Gasteiger partial charge < -0.3 is 15.9 Å². The number of aliphatic hydroxyl groups is 2. The van der Waals surface area contributed by atoms with E-state index in [9.17, 15) is 9.50 Å². The number of hydrogen-bond acceptors (Lipinski definition) is 4. The van der Waals surface area contributed by atoms with E-state index in [-0.39, 0.29) is 11.3 Å². The van der Waals surface area contributed by atoms with Crippen LogP contribution in [0.1, 0.15) is 11.7 Å². The van der Waals surface area contributed by atoms with Crippen LogP contribution in [0.5, 0.6) is 0 Å². The second-order valence-electron chi connectivity index (χ2n) is 2.79. The molecule has 0 bridgehead atoms. The summed E-state index contributed by atoms with van der Waals surface area (Å²) in [6.45, 7) is 0. The van der Waals surface area contributed by atoms with E-state index < -0.39 is 18.0 Å². The summed E-state index contributed by atoms with van der Waals surface area (Å²) in [6, 6.07) is 4.82. The molecule has 0 aliphatic carbocycles. The van der Waals surface area contributed by atoms with Gasteiger partial charge in [-0.05, 0) is 18.2 Å². The molecule has 0 saturated heterocycles. The Labute approximate surface area is 80.0 Å². The predicted molar refractivity (Wildman–Crippen MR) is 47.4 cm³/mol. The summed E-state index contributed by atoms with van der Waals surface area (Å²) in [5, 5.41) is 26.7. The van der Waals surface area contributed by atoms with Crippen molar-refractivity contribution in [1.82, 2.24) is 0 Å². The third-order valence-corrected chi connectivity index (χ3v) is 1.80. The normalized spacial score (nSPS) is 14.4. The van der Waals surface area contributed by atoms with Gasteiger partial charge in [0.05, 0.1) is 6.07 Å². The zero-order valence-corrected chi connectivity index (χ0v) is 7.18. The number of hydrogen-bond donors (Lipinski definition) is 3. The van der Waals surface area contributed by atoms with Crippen LogP contribution in [0.15, 0.2) is 18.2 Å². The smallest absolute Gasteiger partial charge is 0.170 e. The third kappa shape index (κ3) is 1.99. The second-order valence-corrected chi connectivity index (χ2v) is 2.79. The lowest BCUT2D eigenvalue weighted by molar-refractivity contribution is 0.0531. The quantitative estimate of drug-likeness (QED) is 0.469. The van der Waals surface area contributed by atoms with Crippen molar-refractivity contribution in [1.29, 1.82) is 5.26 Å². The van der Waals surface area contributed by atoms with E-state index in [0.717, 1.165) is 12.1 Å². The van der Waals surface area contributed by atoms with Crippen LogP contribution in [-0.4, -0.2) is 16.3 Å². The maximum atomic E-state index is 12.7. The lowest BCUT2D eigenvalue weighted by Crippen LogP contribution is -2.17. The van der Waals surface area contributed by atoms with E-state index in [4.69, 9.17) is 16.1 Å². The van der Waals surface area contributed by atoms with Crippen molar-refractivity contribution >= 4 is 5.69 Å². The molecule has 2 unspecified atom stereocenters. The molecule has 0 saturated carbocycles. The molecule has 1 rings (SSSR count). The fraction of sp³-hybridized carbons (Fsp3) is 0.222. The molecule has 5 heteroatoms. The first-order chi connectivity index (χ1) is 6.56. The average molecular weight is 196 g/mol. The molecule has 0 spiro atoms. The van der Waals surface area contributed by atoms with Crippen LogP contribution in [-0.2, 0) is 0 Å². The molecule has 0 aliphatic rings. The zero-order valence-electron chi connectivity index (χ0n) is 7.18. The molecule has 0 aliphatic heterocycles. The molecule has 4 nitrogen and oxygen atoms in total. The van der Waals surface area contributed by atoms with Gasteiger partial charge in [-0.3, -0.25) is 0 Å². The van der Waals surface area contributed by atoms with Gasteiger partial charge in [0.25, 0.3) is 0 Å². The first kappa shape index (κ1) is 10.4. The van der Waals surface area contributed by atoms with Crippen molar-refractivity contribution in [3.63, 3.8) is 0 Å². The molecule has 4 N–H and O–H groups in total. The molecule has 0 heterocycles. The highest BCUT2D eigenvalue weighted by molar-refractivity contribution is 5.48. The third-order valence-electron chi connectivity index (χ3n) is 1.80. The van der Waals surface area contributed by atoms with Crippen molar-refractivity contribution in [2.24, 2.45) is 0 Å². The number of nitrogens with zero attached hydrogens (tertiary/aromatic N) is 1. The highest BCUT2D eigenvalue weighted by Gasteiger charge is 2.20. The van der Waals surface area contributed by atoms with Crippen LogP contribution < -0.4 is 5.73 Å². The van der Waals surface area contributed by atoms with Crippen molar-refractivity contribution < 1.29 is 14.6 Å². The molecule has 2 atom stereocenters. The number of anilines is 1. The molecule has 14 heavy (non-hydrogen) atoms. The number of aliphatic hydroxyl groups excluding tert-OH is 2. The van der Waals surface area contributed by atoms with Crippen molar-refractivity contribution in [3.05, 3.63) is 29.6 Å². The van der Waals surface area contributed by atoms with Crippen LogP contribution in [0.2, 0.25) is 0 Å². The van der Waals surface area contributed by atoms with Gasteiger partial charge in [-0.15, -0.1) is 0 Å². The second kappa shape index (κ2) is 4.05. The maximum absolute atomic E-state index is 12.7. The number of nitrogens with two attached hydrogens (primary N) is 1. The van der Waals surface area contributed by atoms with Gasteiger partial charge >= 0.3 is 0 Å². The first-order valence-electron chi connectivity index (χ1n) is 3.87. The van der Waals surface area contributed by atoms with Crippen LogP contribution in [0, 0.1) is 17.1 Å². The molecule has 74 valence electrons. The first-order valence-corrected chi connectivity index (χ1v) is 3.87. The van der Waals surface area contributed by atoms with E-state index in [1.54, 1.807) is 0 Å². The Bertz CT molecular complexity index is 376. The van der Waals surface area contributed by atoms with Gasteiger partial charge in [0.2, 0.25) is 0 Å². The summed E-state index contributed by atoms with van der Waals surface area (Å²) in [5.41, 5.74) is 5.58. The van der Waals surface area contributed by atoms with Crippen LogP contribution >= 0.6 is 0 Å². The molecule has 1 aromatic rings. The van der Waals surface area contributed by atoms with Crippen molar-refractivity contribution in [2.45, 2.75) is 12.2 Å². The zero-order chi connectivity index (χ0) is 10.7. The number of benzene rings is 1. The molecule has 1 aromatic carbocycles. The standard InChI is InChI=1S/C9H9FN2O2/c10-5-1-2-7(12)6(3-5)9(14)8(13)4-11/h1-3,8-9,13-14H,12H2. The van der Waals surface area contributed by atoms with E-state index in [1.807, 2.05) is 0 Å². The Hall–Kier alpha value is -1.64. The van der Waals surface area contributed by atoms with Gasteiger partial charge in [-0.25, -0.2) is 4.39 Å². The lowest BCUT2D eigenvalue weighted by atomic mass is 10.0. The Balaban J connectivity index is 3.07. The summed E-state index contributed by atoms with van der Waals surface area (Å²) in [6.07, 6.45) is -3.10. The van der Waals surface area contributed by atoms with Gasteiger partial charge in [0.15, 0.2) is 6.10 Å². The number of rotatable bonds is 2. The summed E-state index contributed by atoms with van der Waals surface area (Å²) in [7, 11) is 0. The summed E-state index contributed by atoms with van der Waals surface area (Å²) < 4.78 is 12.7. The van der Waals surface area contributed by atoms with Crippen molar-refractivity contribution in [2.75, 3.05) is 5.73 Å². The molecular formula is C9H9FN2O2. The van der Waals surface area contributed by atoms with Crippen LogP contribution in [0.3, 0.4) is 0 Å². The van der Waals surface area contributed by atoms with E-state index in [0.29, 0.717) is 0 Å². The Morgan fingerprint density at radius 3 is 2.64 bits per heavy atom. The van der Waals surface area contributed by atoms with Gasteiger partial charge in [0, 0.05) is 11.3 Å². The van der Waals surface area contributed by atoms with E-state index in [1.165, 1.54) is 12.1 Å². The van der Waals surface area contributed by atoms with Crippen LogP contribution in [0.4, 0.5) is 10.1 Å². The number of nitrogen functional groups attached to an aromatic ring is 1. The number of halogens is 1. The topological polar surface area (TPSA) is 90.3 Å². The van der Waals surface area contributed by atoms with E-state index >= 15 is 0 Å². The summed E-state index contributed by atoms with van der Waals surface area (Å²) >= 11 is 0. The fourth-order valence-corrected chi connectivity index (χ4v) is 1.04. The SMILES string of the molecule is N#CC(O)C(O)c1cc(F)ccc1N. The average Bonchev–Trinajstić information content (AvgIpc) is 2.19. The molecular weight excluding hydrogens is 187 g/mol. The van der Waals surface area contributed by atoms with Crippen molar-refractivity contribution in [3.8, 4) is 6.07 Å². The largest absolute Gasteiger partial charge is 0.398 e.